The van der Waals surface area contributed by atoms with Crippen LogP contribution >= 0.6 is 0 Å². The molecule has 5 heteroatoms. The Labute approximate surface area is 130 Å². The molecular weight excluding hydrogens is 278 g/mol. The van der Waals surface area contributed by atoms with Gasteiger partial charge in [0.15, 0.2) is 0 Å². The average Bonchev–Trinajstić information content (AvgIpc) is 2.91. The number of carbonyl (C=O) groups excluding carboxylic acids is 1. The van der Waals surface area contributed by atoms with E-state index in [9.17, 15) is 9.90 Å². The lowest BCUT2D eigenvalue weighted by Gasteiger charge is -2.24. The summed E-state index contributed by atoms with van der Waals surface area (Å²) < 4.78 is 0. The molecule has 0 spiro atoms. The number of rotatable bonds is 4. The summed E-state index contributed by atoms with van der Waals surface area (Å²) in [5, 5.41) is 12.6. The zero-order valence-corrected chi connectivity index (χ0v) is 12.9. The number of carbonyl (C=O) groups is 1. The van der Waals surface area contributed by atoms with E-state index in [0.717, 1.165) is 41.7 Å². The van der Waals surface area contributed by atoms with Crippen molar-refractivity contribution in [3.05, 3.63) is 29.6 Å². The molecule has 0 saturated heterocycles. The lowest BCUT2D eigenvalue weighted by atomic mass is 9.87. The number of amides is 1. The molecule has 1 fully saturated rings. The molecule has 1 aliphatic rings. The SMILES string of the molecule is Cc1cccc2[nH]c(CCNC(=O)[C@H]3CCC[C@H](O)C3)nc12. The number of fused-ring (bicyclic) bond motifs is 1. The van der Waals surface area contributed by atoms with Crippen molar-refractivity contribution in [1.82, 2.24) is 15.3 Å². The van der Waals surface area contributed by atoms with E-state index in [2.05, 4.69) is 15.3 Å². The van der Waals surface area contributed by atoms with Crippen LogP contribution in [0.25, 0.3) is 11.0 Å². The second kappa shape index (κ2) is 6.48. The molecule has 1 saturated carbocycles. The molecule has 0 unspecified atom stereocenters. The van der Waals surface area contributed by atoms with Gasteiger partial charge in [-0.2, -0.15) is 0 Å². The molecule has 2 aromatic rings. The van der Waals surface area contributed by atoms with Crippen LogP contribution < -0.4 is 5.32 Å². The van der Waals surface area contributed by atoms with Crippen molar-refractivity contribution in [3.63, 3.8) is 0 Å². The van der Waals surface area contributed by atoms with Crippen molar-refractivity contribution in [3.8, 4) is 0 Å². The zero-order chi connectivity index (χ0) is 15.5. The summed E-state index contributed by atoms with van der Waals surface area (Å²) in [5.41, 5.74) is 3.19. The predicted molar refractivity (Wildman–Crippen MR) is 85.5 cm³/mol. The first-order valence-electron chi connectivity index (χ1n) is 8.03. The number of imidazole rings is 1. The van der Waals surface area contributed by atoms with Gasteiger partial charge in [0.25, 0.3) is 0 Å². The van der Waals surface area contributed by atoms with Crippen LogP contribution in [-0.4, -0.2) is 33.6 Å². The molecule has 0 bridgehead atoms. The molecule has 118 valence electrons. The Hall–Kier alpha value is -1.88. The second-order valence-electron chi connectivity index (χ2n) is 6.21. The summed E-state index contributed by atoms with van der Waals surface area (Å²) in [6, 6.07) is 6.07. The summed E-state index contributed by atoms with van der Waals surface area (Å²) in [5.74, 6) is 0.918. The Bertz CT molecular complexity index is 665. The Morgan fingerprint density at radius 2 is 2.32 bits per heavy atom. The van der Waals surface area contributed by atoms with Gasteiger partial charge in [0.05, 0.1) is 17.1 Å². The summed E-state index contributed by atoms with van der Waals surface area (Å²) in [4.78, 5) is 20.0. The van der Waals surface area contributed by atoms with Gasteiger partial charge in [0, 0.05) is 18.9 Å². The number of para-hydroxylation sites is 1. The Morgan fingerprint density at radius 1 is 1.45 bits per heavy atom. The van der Waals surface area contributed by atoms with Gasteiger partial charge in [-0.15, -0.1) is 0 Å². The number of aliphatic hydroxyl groups excluding tert-OH is 1. The lowest BCUT2D eigenvalue weighted by molar-refractivity contribution is -0.127. The molecule has 0 aliphatic heterocycles. The van der Waals surface area contributed by atoms with Crippen LogP contribution in [0, 0.1) is 12.8 Å². The first kappa shape index (κ1) is 15.0. The number of nitrogens with one attached hydrogen (secondary N) is 2. The Kier molecular flexibility index (Phi) is 4.43. The minimum atomic E-state index is -0.317. The van der Waals surface area contributed by atoms with Gasteiger partial charge in [-0.05, 0) is 37.8 Å². The van der Waals surface area contributed by atoms with Crippen LogP contribution in [0.4, 0.5) is 0 Å². The molecule has 0 radical (unpaired) electrons. The normalized spacial score (nSPS) is 21.9. The molecule has 22 heavy (non-hydrogen) atoms. The van der Waals surface area contributed by atoms with E-state index >= 15 is 0 Å². The predicted octanol–water partition coefficient (Wildman–Crippen LogP) is 2.08. The fraction of sp³-hybridized carbons (Fsp3) is 0.529. The van der Waals surface area contributed by atoms with Gasteiger partial charge in [-0.25, -0.2) is 4.98 Å². The second-order valence-corrected chi connectivity index (χ2v) is 6.21. The van der Waals surface area contributed by atoms with Crippen LogP contribution in [0.1, 0.15) is 37.1 Å². The third-order valence-electron chi connectivity index (χ3n) is 4.44. The smallest absolute Gasteiger partial charge is 0.223 e. The molecule has 1 aliphatic carbocycles. The number of aryl methyl sites for hydroxylation is 1. The molecule has 3 N–H and O–H groups in total. The van der Waals surface area contributed by atoms with E-state index < -0.39 is 0 Å². The summed E-state index contributed by atoms with van der Waals surface area (Å²) >= 11 is 0. The minimum absolute atomic E-state index is 0.0401. The highest BCUT2D eigenvalue weighted by Crippen LogP contribution is 2.24. The topological polar surface area (TPSA) is 78.0 Å². The van der Waals surface area contributed by atoms with Crippen molar-refractivity contribution in [2.45, 2.75) is 45.1 Å². The van der Waals surface area contributed by atoms with Crippen LogP contribution in [-0.2, 0) is 11.2 Å². The maximum atomic E-state index is 12.1. The molecule has 3 rings (SSSR count). The molecule has 1 aromatic carbocycles. The van der Waals surface area contributed by atoms with E-state index in [1.54, 1.807) is 0 Å². The number of H-pyrrole nitrogens is 1. The molecule has 1 aromatic heterocycles. The average molecular weight is 301 g/mol. The van der Waals surface area contributed by atoms with Crippen LogP contribution in [0.15, 0.2) is 18.2 Å². The van der Waals surface area contributed by atoms with Gasteiger partial charge in [-0.1, -0.05) is 18.6 Å². The number of aromatic amines is 1. The van der Waals surface area contributed by atoms with Crippen LogP contribution in [0.2, 0.25) is 0 Å². The summed E-state index contributed by atoms with van der Waals surface area (Å²) in [6.45, 7) is 2.62. The molecule has 2 atom stereocenters. The largest absolute Gasteiger partial charge is 0.393 e. The van der Waals surface area contributed by atoms with Crippen molar-refractivity contribution < 1.29 is 9.90 Å². The summed E-state index contributed by atoms with van der Waals surface area (Å²) in [6.07, 6.45) is 3.60. The number of aromatic nitrogens is 2. The van der Waals surface area contributed by atoms with Gasteiger partial charge in [0.2, 0.25) is 5.91 Å². The van der Waals surface area contributed by atoms with E-state index in [1.807, 2.05) is 25.1 Å². The standard InChI is InChI=1S/C17H23N3O2/c1-11-4-2-7-14-16(11)20-15(19-14)8-9-18-17(22)12-5-3-6-13(21)10-12/h2,4,7,12-13,21H,3,5-6,8-10H2,1H3,(H,18,22)(H,19,20)/t12-,13-/m0/s1. The number of hydrogen-bond donors (Lipinski definition) is 3. The van der Waals surface area contributed by atoms with Crippen LogP contribution in [0.3, 0.4) is 0 Å². The summed E-state index contributed by atoms with van der Waals surface area (Å²) in [7, 11) is 0. The van der Waals surface area contributed by atoms with Crippen molar-refractivity contribution in [2.24, 2.45) is 5.92 Å². The van der Waals surface area contributed by atoms with Gasteiger partial charge in [0.1, 0.15) is 5.82 Å². The van der Waals surface area contributed by atoms with Gasteiger partial charge in [-0.3, -0.25) is 4.79 Å². The lowest BCUT2D eigenvalue weighted by Crippen LogP contribution is -2.36. The highest BCUT2D eigenvalue weighted by atomic mass is 16.3. The van der Waals surface area contributed by atoms with Crippen molar-refractivity contribution in [1.29, 1.82) is 0 Å². The highest BCUT2D eigenvalue weighted by molar-refractivity contribution is 5.79. The van der Waals surface area contributed by atoms with E-state index in [0.29, 0.717) is 19.4 Å². The third-order valence-corrected chi connectivity index (χ3v) is 4.44. The fourth-order valence-corrected chi connectivity index (χ4v) is 3.20. The van der Waals surface area contributed by atoms with Gasteiger partial charge < -0.3 is 15.4 Å². The van der Waals surface area contributed by atoms with E-state index in [4.69, 9.17) is 0 Å². The highest BCUT2D eigenvalue weighted by Gasteiger charge is 2.25. The van der Waals surface area contributed by atoms with Gasteiger partial charge >= 0.3 is 0 Å². The number of aliphatic hydroxyl groups is 1. The van der Waals surface area contributed by atoms with Crippen molar-refractivity contribution in [2.75, 3.05) is 6.54 Å². The number of hydrogen-bond acceptors (Lipinski definition) is 3. The fourth-order valence-electron chi connectivity index (χ4n) is 3.20. The van der Waals surface area contributed by atoms with Crippen molar-refractivity contribution >= 4 is 16.9 Å². The maximum absolute atomic E-state index is 12.1. The number of nitrogens with zero attached hydrogens (tertiary/aromatic N) is 1. The maximum Gasteiger partial charge on any atom is 0.223 e. The Balaban J connectivity index is 1.53. The van der Waals surface area contributed by atoms with E-state index in [-0.39, 0.29) is 17.9 Å². The molecular formula is C17H23N3O2. The monoisotopic (exact) mass is 301 g/mol. The number of benzene rings is 1. The van der Waals surface area contributed by atoms with E-state index in [1.165, 1.54) is 0 Å². The molecule has 1 amide bonds. The minimum Gasteiger partial charge on any atom is -0.393 e. The molecule has 1 heterocycles. The molecule has 5 nitrogen and oxygen atoms in total. The zero-order valence-electron chi connectivity index (χ0n) is 12.9. The first-order chi connectivity index (χ1) is 10.6. The quantitative estimate of drug-likeness (QED) is 0.809. The van der Waals surface area contributed by atoms with Crippen LogP contribution in [0.5, 0.6) is 0 Å². The Morgan fingerprint density at radius 3 is 3.09 bits per heavy atom. The third kappa shape index (κ3) is 3.30. The first-order valence-corrected chi connectivity index (χ1v) is 8.03.